The second-order valence-corrected chi connectivity index (χ2v) is 14.2. The van der Waals surface area contributed by atoms with Crippen molar-refractivity contribution >= 4 is 13.7 Å². The Bertz CT molecular complexity index is 1120. The topological polar surface area (TPSA) is 131 Å². The van der Waals surface area contributed by atoms with Gasteiger partial charge in [-0.15, -0.1) is 0 Å². The number of phosphoric ester groups is 1. The number of rotatable bonds is 35. The van der Waals surface area contributed by atoms with Crippen molar-refractivity contribution in [2.24, 2.45) is 5.73 Å². The van der Waals surface area contributed by atoms with Gasteiger partial charge in [0.25, 0.3) is 0 Å². The van der Waals surface area contributed by atoms with E-state index in [0.717, 1.165) is 89.9 Å². The fourth-order valence-corrected chi connectivity index (χ4v) is 5.67. The summed E-state index contributed by atoms with van der Waals surface area (Å²) in [6.07, 6.45) is 51.8. The van der Waals surface area contributed by atoms with Gasteiger partial charge in [-0.1, -0.05) is 143 Å². The molecule has 0 aliphatic rings. The Morgan fingerprint density at radius 1 is 0.654 bits per heavy atom. The van der Waals surface area contributed by atoms with E-state index >= 15 is 0 Å². The monoisotopic (exact) mass is 745 g/mol. The van der Waals surface area contributed by atoms with E-state index in [1.807, 2.05) is 6.08 Å². The van der Waals surface area contributed by atoms with Crippen molar-refractivity contribution in [3.8, 4) is 0 Å². The number of unbranched alkanes of at least 4 members (excludes halogenated alkanes) is 9. The molecule has 3 atom stereocenters. The summed E-state index contributed by atoms with van der Waals surface area (Å²) in [5.74, 6) is -0.236. The summed E-state index contributed by atoms with van der Waals surface area (Å²) in [4.78, 5) is 22.6. The summed E-state index contributed by atoms with van der Waals surface area (Å²) >= 11 is 0. The van der Waals surface area contributed by atoms with Crippen molar-refractivity contribution in [1.82, 2.24) is 5.32 Å². The largest absolute Gasteiger partial charge is 0.472 e. The minimum atomic E-state index is -4.35. The summed E-state index contributed by atoms with van der Waals surface area (Å²) in [5, 5.41) is 13.5. The third-order valence-electron chi connectivity index (χ3n) is 7.89. The first-order valence-electron chi connectivity index (χ1n) is 19.9. The fourth-order valence-electron chi connectivity index (χ4n) is 4.91. The summed E-state index contributed by atoms with van der Waals surface area (Å²) in [6.45, 7) is 3.90. The van der Waals surface area contributed by atoms with Crippen LogP contribution in [0.15, 0.2) is 97.2 Å². The molecule has 0 rings (SSSR count). The molecule has 0 bridgehead atoms. The Balaban J connectivity index is 4.31. The van der Waals surface area contributed by atoms with Crippen LogP contribution < -0.4 is 11.1 Å². The number of allylic oxidation sites excluding steroid dienone is 15. The molecular weight excluding hydrogens is 671 g/mol. The summed E-state index contributed by atoms with van der Waals surface area (Å²) in [6, 6.07) is -0.895. The highest BCUT2D eigenvalue weighted by Crippen LogP contribution is 2.43. The minimum Gasteiger partial charge on any atom is -0.387 e. The van der Waals surface area contributed by atoms with Crippen LogP contribution in [0, 0.1) is 0 Å². The van der Waals surface area contributed by atoms with Gasteiger partial charge in [0.15, 0.2) is 0 Å². The molecule has 5 N–H and O–H groups in total. The van der Waals surface area contributed by atoms with Crippen LogP contribution >= 0.6 is 7.82 Å². The minimum absolute atomic E-state index is 0.0635. The molecule has 0 aromatic rings. The van der Waals surface area contributed by atoms with Gasteiger partial charge in [-0.3, -0.25) is 13.8 Å². The predicted molar refractivity (Wildman–Crippen MR) is 221 cm³/mol. The molecule has 0 heterocycles. The van der Waals surface area contributed by atoms with Crippen molar-refractivity contribution in [3.63, 3.8) is 0 Å². The van der Waals surface area contributed by atoms with Crippen LogP contribution in [-0.2, 0) is 18.4 Å². The van der Waals surface area contributed by atoms with Crippen LogP contribution in [-0.4, -0.2) is 47.8 Å². The first kappa shape index (κ1) is 49.4. The van der Waals surface area contributed by atoms with E-state index in [1.54, 1.807) is 6.08 Å². The van der Waals surface area contributed by atoms with Crippen LogP contribution in [0.25, 0.3) is 0 Å². The number of hydrogen-bond donors (Lipinski definition) is 4. The van der Waals surface area contributed by atoms with Gasteiger partial charge >= 0.3 is 7.82 Å². The molecule has 0 aliphatic heterocycles. The SMILES string of the molecule is CC/C=C\C/C=C\C/C=C\C/C=C\C/C=C\C/C=C\CCCCCCC(=O)NC(COP(=O)(O)OCCN)C(O)/C=C/CC/C=C/CCCCCC. The number of aliphatic hydroxyl groups excluding tert-OH is 1. The van der Waals surface area contributed by atoms with Gasteiger partial charge in [-0.2, -0.15) is 0 Å². The van der Waals surface area contributed by atoms with Crippen LogP contribution in [0.4, 0.5) is 0 Å². The van der Waals surface area contributed by atoms with E-state index in [2.05, 4.69) is 104 Å². The lowest BCUT2D eigenvalue weighted by Gasteiger charge is -2.23. The first-order chi connectivity index (χ1) is 25.4. The molecular formula is C43H73N2O6P. The molecule has 0 radical (unpaired) electrons. The maximum atomic E-state index is 12.7. The lowest BCUT2D eigenvalue weighted by molar-refractivity contribution is -0.123. The van der Waals surface area contributed by atoms with E-state index in [9.17, 15) is 19.4 Å². The van der Waals surface area contributed by atoms with E-state index in [0.29, 0.717) is 6.42 Å². The fraction of sp³-hybridized carbons (Fsp3) is 0.605. The second kappa shape index (κ2) is 38.2. The Kier molecular flexibility index (Phi) is 36.3. The van der Waals surface area contributed by atoms with Crippen LogP contribution in [0.3, 0.4) is 0 Å². The van der Waals surface area contributed by atoms with E-state index in [4.69, 9.17) is 14.8 Å². The highest BCUT2D eigenvalue weighted by molar-refractivity contribution is 7.47. The molecule has 0 saturated carbocycles. The van der Waals surface area contributed by atoms with Crippen molar-refractivity contribution in [3.05, 3.63) is 97.2 Å². The normalized spacial score (nSPS) is 15.2. The number of phosphoric acid groups is 1. The number of hydrogen-bond acceptors (Lipinski definition) is 6. The lowest BCUT2D eigenvalue weighted by atomic mass is 10.1. The summed E-state index contributed by atoms with van der Waals surface area (Å²) in [5.41, 5.74) is 5.35. The van der Waals surface area contributed by atoms with Crippen LogP contribution in [0.5, 0.6) is 0 Å². The molecule has 0 fully saturated rings. The van der Waals surface area contributed by atoms with Gasteiger partial charge in [0.1, 0.15) is 0 Å². The van der Waals surface area contributed by atoms with Crippen LogP contribution in [0.2, 0.25) is 0 Å². The molecule has 0 saturated heterocycles. The summed E-state index contributed by atoms with van der Waals surface area (Å²) < 4.78 is 22.0. The molecule has 0 aromatic heterocycles. The maximum absolute atomic E-state index is 12.7. The van der Waals surface area contributed by atoms with Crippen molar-refractivity contribution in [2.45, 2.75) is 148 Å². The van der Waals surface area contributed by atoms with Gasteiger partial charge < -0.3 is 21.1 Å². The molecule has 0 aliphatic carbocycles. The number of amides is 1. The Morgan fingerprint density at radius 3 is 1.69 bits per heavy atom. The standard InChI is InChI=1S/C43H73N2O6P/c1-3-5-7-9-11-13-15-16-17-18-19-20-21-22-23-24-25-26-27-29-31-33-35-37-43(47)45-41(40-51-52(48,49)50-39-38-44)42(46)36-34-32-30-28-14-12-10-8-6-4-2/h5,7,11,13-14,16-17,19-20,22-23,25-26,28,34,36,41-42,46H,3-4,6,8-10,12,15,18,21,24,27,29-33,35,37-40,44H2,1-2H3,(H,45,47)(H,48,49)/b7-5-,13-11-,17-16-,20-19-,23-22-,26-25-,28-14+,36-34+. The number of aliphatic hydroxyl groups is 1. The predicted octanol–water partition coefficient (Wildman–Crippen LogP) is 10.8. The Labute approximate surface area is 317 Å². The zero-order chi connectivity index (χ0) is 38.2. The van der Waals surface area contributed by atoms with Gasteiger partial charge in [-0.05, 0) is 83.5 Å². The zero-order valence-electron chi connectivity index (χ0n) is 32.5. The molecule has 296 valence electrons. The third kappa shape index (κ3) is 35.8. The Hall–Kier alpha value is -2.58. The van der Waals surface area contributed by atoms with Gasteiger partial charge in [0.2, 0.25) is 5.91 Å². The van der Waals surface area contributed by atoms with Gasteiger partial charge in [0, 0.05) is 13.0 Å². The first-order valence-corrected chi connectivity index (χ1v) is 21.4. The number of nitrogens with two attached hydrogens (primary N) is 1. The molecule has 0 spiro atoms. The van der Waals surface area contributed by atoms with Crippen molar-refractivity contribution < 1.29 is 28.4 Å². The van der Waals surface area contributed by atoms with E-state index in [1.165, 1.54) is 25.7 Å². The van der Waals surface area contributed by atoms with Gasteiger partial charge in [-0.25, -0.2) is 4.57 Å². The highest BCUT2D eigenvalue weighted by Gasteiger charge is 2.26. The quantitative estimate of drug-likeness (QED) is 0.0289. The third-order valence-corrected chi connectivity index (χ3v) is 8.88. The summed E-state index contributed by atoms with van der Waals surface area (Å²) in [7, 11) is -4.35. The van der Waals surface area contributed by atoms with Crippen LogP contribution in [0.1, 0.15) is 136 Å². The maximum Gasteiger partial charge on any atom is 0.472 e. The molecule has 0 aromatic carbocycles. The average molecular weight is 745 g/mol. The molecule has 1 amide bonds. The molecule has 8 nitrogen and oxygen atoms in total. The molecule has 3 unspecified atom stereocenters. The number of carbonyl (C=O) groups is 1. The lowest BCUT2D eigenvalue weighted by Crippen LogP contribution is -2.45. The molecule has 9 heteroatoms. The average Bonchev–Trinajstić information content (AvgIpc) is 3.13. The Morgan fingerprint density at radius 2 is 1.13 bits per heavy atom. The smallest absolute Gasteiger partial charge is 0.387 e. The molecule has 52 heavy (non-hydrogen) atoms. The number of carbonyl (C=O) groups excluding carboxylic acids is 1. The number of nitrogens with one attached hydrogen (secondary N) is 1. The zero-order valence-corrected chi connectivity index (χ0v) is 33.4. The van der Waals surface area contributed by atoms with E-state index in [-0.39, 0.29) is 25.7 Å². The second-order valence-electron chi connectivity index (χ2n) is 12.7. The van der Waals surface area contributed by atoms with E-state index < -0.39 is 20.0 Å². The van der Waals surface area contributed by atoms with Gasteiger partial charge in [0.05, 0.1) is 25.4 Å². The van der Waals surface area contributed by atoms with Crippen molar-refractivity contribution in [1.29, 1.82) is 0 Å². The van der Waals surface area contributed by atoms with Crippen molar-refractivity contribution in [2.75, 3.05) is 19.8 Å². The highest BCUT2D eigenvalue weighted by atomic mass is 31.2.